The van der Waals surface area contributed by atoms with Gasteiger partial charge in [0.25, 0.3) is 0 Å². The zero-order chi connectivity index (χ0) is 12.8. The van der Waals surface area contributed by atoms with Crippen LogP contribution in [0.2, 0.25) is 0 Å². The van der Waals surface area contributed by atoms with Crippen LogP contribution in [0.25, 0.3) is 0 Å². The van der Waals surface area contributed by atoms with Gasteiger partial charge in [0, 0.05) is 12.1 Å². The minimum atomic E-state index is -0.375. The van der Waals surface area contributed by atoms with Crippen LogP contribution in [0.3, 0.4) is 0 Å². The molecule has 0 aliphatic carbocycles. The average Bonchev–Trinajstić information content (AvgIpc) is 2.31. The Morgan fingerprint density at radius 1 is 1.18 bits per heavy atom. The predicted molar refractivity (Wildman–Crippen MR) is 65.8 cm³/mol. The summed E-state index contributed by atoms with van der Waals surface area (Å²) in [6.07, 6.45) is 0.243. The zero-order valence-electron chi connectivity index (χ0n) is 10.4. The van der Waals surface area contributed by atoms with E-state index in [1.165, 1.54) is 12.7 Å². The first-order valence-corrected chi connectivity index (χ1v) is 5.47. The van der Waals surface area contributed by atoms with Crippen LogP contribution < -0.4 is 5.32 Å². The first-order valence-electron chi connectivity index (χ1n) is 5.47. The van der Waals surface area contributed by atoms with Gasteiger partial charge in [-0.25, -0.2) is 0 Å². The number of carbonyl (C=O) groups is 2. The minimum Gasteiger partial charge on any atom is -0.469 e. The van der Waals surface area contributed by atoms with Crippen molar-refractivity contribution >= 4 is 17.6 Å². The van der Waals surface area contributed by atoms with Crippen LogP contribution in [0.5, 0.6) is 0 Å². The molecule has 4 nitrogen and oxygen atoms in total. The van der Waals surface area contributed by atoms with Gasteiger partial charge in [-0.05, 0) is 37.1 Å². The lowest BCUT2D eigenvalue weighted by atomic mass is 10.1. The maximum Gasteiger partial charge on any atom is 0.306 e. The van der Waals surface area contributed by atoms with E-state index in [0.29, 0.717) is 0 Å². The van der Waals surface area contributed by atoms with Crippen LogP contribution in [0.4, 0.5) is 5.69 Å². The van der Waals surface area contributed by atoms with Crippen LogP contribution in [-0.2, 0) is 14.3 Å². The van der Waals surface area contributed by atoms with Crippen LogP contribution in [0.1, 0.15) is 24.0 Å². The molecule has 92 valence electrons. The monoisotopic (exact) mass is 235 g/mol. The number of hydrogen-bond donors (Lipinski definition) is 1. The molecule has 1 rings (SSSR count). The Morgan fingerprint density at radius 2 is 1.88 bits per heavy atom. The van der Waals surface area contributed by atoms with Gasteiger partial charge in [-0.15, -0.1) is 0 Å². The van der Waals surface area contributed by atoms with Gasteiger partial charge in [0.05, 0.1) is 13.5 Å². The van der Waals surface area contributed by atoms with Crippen molar-refractivity contribution in [2.45, 2.75) is 26.7 Å². The highest BCUT2D eigenvalue weighted by molar-refractivity contribution is 5.92. The number of rotatable bonds is 4. The SMILES string of the molecule is COC(=O)CCC(=O)Nc1ccc(C)c(C)c1. The van der Waals surface area contributed by atoms with Crippen molar-refractivity contribution in [3.8, 4) is 0 Å². The molecule has 0 radical (unpaired) electrons. The second kappa shape index (κ2) is 6.03. The molecule has 1 amide bonds. The van der Waals surface area contributed by atoms with Crippen molar-refractivity contribution in [1.29, 1.82) is 0 Å². The first-order chi connectivity index (χ1) is 8.02. The van der Waals surface area contributed by atoms with Gasteiger partial charge in [0.2, 0.25) is 5.91 Å². The van der Waals surface area contributed by atoms with Gasteiger partial charge >= 0.3 is 5.97 Å². The topological polar surface area (TPSA) is 55.4 Å². The average molecular weight is 235 g/mol. The molecule has 0 heterocycles. The lowest BCUT2D eigenvalue weighted by Crippen LogP contribution is -2.14. The summed E-state index contributed by atoms with van der Waals surface area (Å²) in [5.74, 6) is -0.557. The molecule has 0 unspecified atom stereocenters. The summed E-state index contributed by atoms with van der Waals surface area (Å²) < 4.78 is 4.47. The van der Waals surface area contributed by atoms with Gasteiger partial charge in [-0.1, -0.05) is 6.07 Å². The van der Waals surface area contributed by atoms with E-state index in [9.17, 15) is 9.59 Å². The van der Waals surface area contributed by atoms with Gasteiger partial charge in [-0.2, -0.15) is 0 Å². The largest absolute Gasteiger partial charge is 0.469 e. The van der Waals surface area contributed by atoms with Crippen LogP contribution in [0.15, 0.2) is 18.2 Å². The summed E-state index contributed by atoms with van der Waals surface area (Å²) in [7, 11) is 1.31. The van der Waals surface area contributed by atoms with Crippen molar-refractivity contribution in [2.75, 3.05) is 12.4 Å². The van der Waals surface area contributed by atoms with E-state index in [1.807, 2.05) is 32.0 Å². The molecule has 0 saturated carbocycles. The molecule has 0 atom stereocenters. The molecule has 17 heavy (non-hydrogen) atoms. The highest BCUT2D eigenvalue weighted by atomic mass is 16.5. The van der Waals surface area contributed by atoms with Crippen molar-refractivity contribution in [2.24, 2.45) is 0 Å². The first kappa shape index (κ1) is 13.2. The number of carbonyl (C=O) groups excluding carboxylic acids is 2. The Hall–Kier alpha value is -1.84. The molecule has 0 fully saturated rings. The smallest absolute Gasteiger partial charge is 0.306 e. The predicted octanol–water partition coefficient (Wildman–Crippen LogP) is 2.20. The van der Waals surface area contributed by atoms with Crippen LogP contribution in [0, 0.1) is 13.8 Å². The third kappa shape index (κ3) is 4.26. The summed E-state index contributed by atoms with van der Waals surface area (Å²) >= 11 is 0. The van der Waals surface area contributed by atoms with E-state index in [2.05, 4.69) is 10.1 Å². The number of amides is 1. The second-order valence-corrected chi connectivity index (χ2v) is 3.92. The second-order valence-electron chi connectivity index (χ2n) is 3.92. The maximum absolute atomic E-state index is 11.5. The molecule has 0 aliphatic rings. The fourth-order valence-electron chi connectivity index (χ4n) is 1.36. The van der Waals surface area contributed by atoms with E-state index in [4.69, 9.17) is 0 Å². The molecule has 0 bridgehead atoms. The Balaban J connectivity index is 2.50. The van der Waals surface area contributed by atoms with Gasteiger partial charge in [0.1, 0.15) is 0 Å². The summed E-state index contributed by atoms with van der Waals surface area (Å²) in [6, 6.07) is 5.70. The Labute approximate surface area is 101 Å². The summed E-state index contributed by atoms with van der Waals surface area (Å²) in [6.45, 7) is 4.00. The van der Waals surface area contributed by atoms with Gasteiger partial charge < -0.3 is 10.1 Å². The summed E-state index contributed by atoms with van der Waals surface area (Å²) in [4.78, 5) is 22.4. The van der Waals surface area contributed by atoms with Crippen LogP contribution in [-0.4, -0.2) is 19.0 Å². The van der Waals surface area contributed by atoms with E-state index in [-0.39, 0.29) is 24.7 Å². The van der Waals surface area contributed by atoms with Crippen molar-refractivity contribution in [1.82, 2.24) is 0 Å². The zero-order valence-corrected chi connectivity index (χ0v) is 10.4. The highest BCUT2D eigenvalue weighted by Gasteiger charge is 2.07. The van der Waals surface area contributed by atoms with Gasteiger partial charge in [-0.3, -0.25) is 9.59 Å². The third-order valence-electron chi connectivity index (χ3n) is 2.57. The van der Waals surface area contributed by atoms with Crippen molar-refractivity contribution in [3.05, 3.63) is 29.3 Å². The standard InChI is InChI=1S/C13H17NO3/c1-9-4-5-11(8-10(9)2)14-12(15)6-7-13(16)17-3/h4-5,8H,6-7H2,1-3H3,(H,14,15). The third-order valence-corrected chi connectivity index (χ3v) is 2.57. The molecule has 1 aromatic carbocycles. The molecular formula is C13H17NO3. The highest BCUT2D eigenvalue weighted by Crippen LogP contribution is 2.14. The molecule has 4 heteroatoms. The molecule has 1 aromatic rings. The Morgan fingerprint density at radius 3 is 2.47 bits per heavy atom. The molecular weight excluding hydrogens is 218 g/mol. The number of ether oxygens (including phenoxy) is 1. The van der Waals surface area contributed by atoms with Crippen LogP contribution >= 0.6 is 0 Å². The van der Waals surface area contributed by atoms with E-state index in [0.717, 1.165) is 11.3 Å². The fourth-order valence-corrected chi connectivity index (χ4v) is 1.36. The number of hydrogen-bond acceptors (Lipinski definition) is 3. The number of aryl methyl sites for hydroxylation is 2. The number of methoxy groups -OCH3 is 1. The number of anilines is 1. The number of benzene rings is 1. The lowest BCUT2D eigenvalue weighted by molar-refractivity contribution is -0.141. The quantitative estimate of drug-likeness (QED) is 0.814. The van der Waals surface area contributed by atoms with Gasteiger partial charge in [0.15, 0.2) is 0 Å². The molecule has 0 saturated heterocycles. The van der Waals surface area contributed by atoms with E-state index < -0.39 is 0 Å². The van der Waals surface area contributed by atoms with E-state index >= 15 is 0 Å². The number of nitrogens with one attached hydrogen (secondary N) is 1. The Bertz CT molecular complexity index is 427. The van der Waals surface area contributed by atoms with E-state index in [1.54, 1.807) is 0 Å². The minimum absolute atomic E-state index is 0.104. The molecule has 0 aliphatic heterocycles. The normalized spacial score (nSPS) is 9.82. The number of esters is 1. The fraction of sp³-hybridized carbons (Fsp3) is 0.385. The van der Waals surface area contributed by atoms with Crippen molar-refractivity contribution in [3.63, 3.8) is 0 Å². The Kier molecular flexibility index (Phi) is 4.69. The summed E-state index contributed by atoms with van der Waals surface area (Å²) in [5.41, 5.74) is 3.05. The molecule has 1 N–H and O–H groups in total. The maximum atomic E-state index is 11.5. The summed E-state index contributed by atoms with van der Waals surface area (Å²) in [5, 5.41) is 2.74. The molecule has 0 aromatic heterocycles. The molecule has 0 spiro atoms. The van der Waals surface area contributed by atoms with Crippen molar-refractivity contribution < 1.29 is 14.3 Å². The lowest BCUT2D eigenvalue weighted by Gasteiger charge is -2.07.